The SMILES string of the molecule is C[C@H](NC(=O)c1ccccc1C(=O)N[C@H](C)c1ccccc1)c1ccccc1. The highest BCUT2D eigenvalue weighted by Crippen LogP contribution is 2.17. The van der Waals surface area contributed by atoms with Crippen molar-refractivity contribution in [2.24, 2.45) is 0 Å². The monoisotopic (exact) mass is 372 g/mol. The number of rotatable bonds is 6. The molecule has 0 heterocycles. The lowest BCUT2D eigenvalue weighted by molar-refractivity contribution is 0.0905. The largest absolute Gasteiger partial charge is 0.345 e. The topological polar surface area (TPSA) is 58.2 Å². The molecule has 3 aromatic rings. The molecule has 3 rings (SSSR count). The molecule has 4 heteroatoms. The van der Waals surface area contributed by atoms with Crippen LogP contribution in [0.3, 0.4) is 0 Å². The van der Waals surface area contributed by atoms with Crippen molar-refractivity contribution in [1.82, 2.24) is 10.6 Å². The van der Waals surface area contributed by atoms with Crippen LogP contribution in [-0.2, 0) is 0 Å². The Morgan fingerprint density at radius 3 is 1.25 bits per heavy atom. The summed E-state index contributed by atoms with van der Waals surface area (Å²) in [5.74, 6) is -0.538. The number of carbonyl (C=O) groups excluding carboxylic acids is 2. The van der Waals surface area contributed by atoms with Crippen LogP contribution >= 0.6 is 0 Å². The Bertz CT molecular complexity index is 861. The van der Waals surface area contributed by atoms with Gasteiger partial charge in [-0.3, -0.25) is 9.59 Å². The van der Waals surface area contributed by atoms with Crippen LogP contribution in [0.15, 0.2) is 84.9 Å². The first-order valence-corrected chi connectivity index (χ1v) is 9.37. The van der Waals surface area contributed by atoms with Gasteiger partial charge >= 0.3 is 0 Å². The highest BCUT2D eigenvalue weighted by Gasteiger charge is 2.20. The van der Waals surface area contributed by atoms with E-state index in [0.717, 1.165) is 11.1 Å². The third-order valence-electron chi connectivity index (χ3n) is 4.71. The summed E-state index contributed by atoms with van der Waals surface area (Å²) < 4.78 is 0. The standard InChI is InChI=1S/C24H24N2O2/c1-17(19-11-5-3-6-12-19)25-23(27)21-15-9-10-16-22(21)24(28)26-18(2)20-13-7-4-8-14-20/h3-18H,1-2H3,(H,25,27)(H,26,28)/t17-,18+. The summed E-state index contributed by atoms with van der Waals surface area (Å²) in [5.41, 5.74) is 2.75. The minimum absolute atomic E-state index is 0.159. The molecule has 0 spiro atoms. The Balaban J connectivity index is 1.75. The first kappa shape index (κ1) is 19.4. The summed E-state index contributed by atoms with van der Waals surface area (Å²) in [6.07, 6.45) is 0. The number of carbonyl (C=O) groups is 2. The van der Waals surface area contributed by atoms with Crippen molar-refractivity contribution in [1.29, 1.82) is 0 Å². The number of benzene rings is 3. The van der Waals surface area contributed by atoms with E-state index in [0.29, 0.717) is 11.1 Å². The average Bonchev–Trinajstić information content (AvgIpc) is 2.74. The lowest BCUT2D eigenvalue weighted by Gasteiger charge is -2.18. The van der Waals surface area contributed by atoms with Crippen molar-refractivity contribution in [3.05, 3.63) is 107 Å². The Hall–Kier alpha value is -3.40. The smallest absolute Gasteiger partial charge is 0.252 e. The van der Waals surface area contributed by atoms with Gasteiger partial charge in [-0.25, -0.2) is 0 Å². The molecule has 0 aliphatic carbocycles. The van der Waals surface area contributed by atoms with Crippen LogP contribution in [0.25, 0.3) is 0 Å². The minimum atomic E-state index is -0.269. The van der Waals surface area contributed by atoms with Crippen LogP contribution in [0.5, 0.6) is 0 Å². The van der Waals surface area contributed by atoms with Crippen molar-refractivity contribution in [3.8, 4) is 0 Å². The summed E-state index contributed by atoms with van der Waals surface area (Å²) in [4.78, 5) is 25.6. The maximum atomic E-state index is 12.8. The normalized spacial score (nSPS) is 12.6. The Morgan fingerprint density at radius 2 is 0.893 bits per heavy atom. The molecule has 3 aromatic carbocycles. The Labute approximate surface area is 165 Å². The van der Waals surface area contributed by atoms with E-state index in [1.54, 1.807) is 24.3 Å². The molecule has 28 heavy (non-hydrogen) atoms. The van der Waals surface area contributed by atoms with E-state index in [1.807, 2.05) is 74.5 Å². The van der Waals surface area contributed by atoms with E-state index in [9.17, 15) is 9.59 Å². The van der Waals surface area contributed by atoms with Gasteiger partial charge in [0.05, 0.1) is 23.2 Å². The predicted octanol–water partition coefficient (Wildman–Crippen LogP) is 4.67. The van der Waals surface area contributed by atoms with Gasteiger partial charge in [-0.1, -0.05) is 72.8 Å². The summed E-state index contributed by atoms with van der Waals surface area (Å²) in [7, 11) is 0. The van der Waals surface area contributed by atoms with Gasteiger partial charge in [-0.15, -0.1) is 0 Å². The number of nitrogens with one attached hydrogen (secondary N) is 2. The predicted molar refractivity (Wildman–Crippen MR) is 111 cm³/mol. The molecule has 0 saturated heterocycles. The third kappa shape index (κ3) is 4.65. The fourth-order valence-corrected chi connectivity index (χ4v) is 3.08. The Kier molecular flexibility index (Phi) is 6.22. The van der Waals surface area contributed by atoms with E-state index in [2.05, 4.69) is 10.6 Å². The van der Waals surface area contributed by atoms with Crippen molar-refractivity contribution >= 4 is 11.8 Å². The van der Waals surface area contributed by atoms with Gasteiger partial charge in [0.2, 0.25) is 0 Å². The molecule has 0 bridgehead atoms. The molecule has 0 unspecified atom stereocenters. The number of amides is 2. The molecular weight excluding hydrogens is 348 g/mol. The highest BCUT2D eigenvalue weighted by atomic mass is 16.2. The van der Waals surface area contributed by atoms with Crippen molar-refractivity contribution in [2.45, 2.75) is 25.9 Å². The zero-order chi connectivity index (χ0) is 19.9. The van der Waals surface area contributed by atoms with Crippen LogP contribution in [0.4, 0.5) is 0 Å². The van der Waals surface area contributed by atoms with Gasteiger partial charge in [0, 0.05) is 0 Å². The highest BCUT2D eigenvalue weighted by molar-refractivity contribution is 6.07. The van der Waals surface area contributed by atoms with E-state index < -0.39 is 0 Å². The van der Waals surface area contributed by atoms with E-state index >= 15 is 0 Å². The maximum Gasteiger partial charge on any atom is 0.252 e. The molecule has 142 valence electrons. The quantitative estimate of drug-likeness (QED) is 0.661. The summed E-state index contributed by atoms with van der Waals surface area (Å²) >= 11 is 0. The van der Waals surface area contributed by atoms with E-state index in [-0.39, 0.29) is 23.9 Å². The zero-order valence-corrected chi connectivity index (χ0v) is 16.1. The van der Waals surface area contributed by atoms with Crippen LogP contribution in [0.1, 0.15) is 57.8 Å². The molecule has 0 saturated carbocycles. The van der Waals surface area contributed by atoms with Gasteiger partial charge in [0.15, 0.2) is 0 Å². The molecule has 0 aliphatic heterocycles. The van der Waals surface area contributed by atoms with Gasteiger partial charge in [-0.2, -0.15) is 0 Å². The summed E-state index contributed by atoms with van der Waals surface area (Å²) in [6.45, 7) is 3.85. The molecule has 2 N–H and O–H groups in total. The van der Waals surface area contributed by atoms with Crippen molar-refractivity contribution < 1.29 is 9.59 Å². The molecule has 0 fully saturated rings. The second-order valence-electron chi connectivity index (χ2n) is 6.76. The van der Waals surface area contributed by atoms with Crippen LogP contribution < -0.4 is 10.6 Å². The average molecular weight is 372 g/mol. The molecule has 0 aliphatic rings. The van der Waals surface area contributed by atoms with Gasteiger partial charge in [0.1, 0.15) is 0 Å². The van der Waals surface area contributed by atoms with Crippen LogP contribution in [0, 0.1) is 0 Å². The van der Waals surface area contributed by atoms with Crippen LogP contribution in [-0.4, -0.2) is 11.8 Å². The third-order valence-corrected chi connectivity index (χ3v) is 4.71. The molecule has 2 amide bonds. The van der Waals surface area contributed by atoms with E-state index in [4.69, 9.17) is 0 Å². The van der Waals surface area contributed by atoms with Crippen molar-refractivity contribution in [3.63, 3.8) is 0 Å². The summed E-state index contributed by atoms with van der Waals surface area (Å²) in [6, 6.07) is 26.0. The minimum Gasteiger partial charge on any atom is -0.345 e. The zero-order valence-electron chi connectivity index (χ0n) is 16.1. The number of hydrogen-bond donors (Lipinski definition) is 2. The van der Waals surface area contributed by atoms with Crippen LogP contribution in [0.2, 0.25) is 0 Å². The fourth-order valence-electron chi connectivity index (χ4n) is 3.08. The van der Waals surface area contributed by atoms with E-state index in [1.165, 1.54) is 0 Å². The molecule has 0 aromatic heterocycles. The first-order valence-electron chi connectivity index (χ1n) is 9.37. The van der Waals surface area contributed by atoms with Gasteiger partial charge < -0.3 is 10.6 Å². The van der Waals surface area contributed by atoms with Gasteiger partial charge in [-0.05, 0) is 37.1 Å². The summed E-state index contributed by atoms with van der Waals surface area (Å²) in [5, 5.41) is 5.95. The lowest BCUT2D eigenvalue weighted by Crippen LogP contribution is -2.32. The molecule has 4 nitrogen and oxygen atoms in total. The number of hydrogen-bond acceptors (Lipinski definition) is 2. The first-order chi connectivity index (χ1) is 13.6. The lowest BCUT2D eigenvalue weighted by atomic mass is 10.0. The molecule has 0 radical (unpaired) electrons. The molecular formula is C24H24N2O2. The second kappa shape index (κ2) is 9.00. The fraction of sp³-hybridized carbons (Fsp3) is 0.167. The second-order valence-corrected chi connectivity index (χ2v) is 6.76. The Morgan fingerprint density at radius 1 is 0.571 bits per heavy atom. The van der Waals surface area contributed by atoms with Crippen molar-refractivity contribution in [2.75, 3.05) is 0 Å². The molecule has 2 atom stereocenters. The maximum absolute atomic E-state index is 12.8. The van der Waals surface area contributed by atoms with Gasteiger partial charge in [0.25, 0.3) is 11.8 Å².